The van der Waals surface area contributed by atoms with Crippen LogP contribution in [-0.2, 0) is 0 Å². The second-order valence-corrected chi connectivity index (χ2v) is 5.70. The Bertz CT molecular complexity index is 647. The van der Waals surface area contributed by atoms with E-state index in [9.17, 15) is 0 Å². The molecule has 106 valence electrons. The first-order valence-electron chi connectivity index (χ1n) is 6.84. The fourth-order valence-corrected chi connectivity index (χ4v) is 2.59. The summed E-state index contributed by atoms with van der Waals surface area (Å²) in [7, 11) is 0. The van der Waals surface area contributed by atoms with Crippen LogP contribution < -0.4 is 4.74 Å². The van der Waals surface area contributed by atoms with Crippen LogP contribution in [0.15, 0.2) is 30.6 Å². The quantitative estimate of drug-likeness (QED) is 0.827. The summed E-state index contributed by atoms with van der Waals surface area (Å²) >= 11 is 5.37. The van der Waals surface area contributed by atoms with E-state index in [-0.39, 0.29) is 6.10 Å². The summed E-state index contributed by atoms with van der Waals surface area (Å²) in [5.74, 6) is 1.16. The van der Waals surface area contributed by atoms with Gasteiger partial charge in [-0.2, -0.15) is 0 Å². The minimum Gasteiger partial charge on any atom is -0.490 e. The molecule has 0 spiro atoms. The molecule has 0 atom stereocenters. The van der Waals surface area contributed by atoms with Gasteiger partial charge in [0.15, 0.2) is 0 Å². The van der Waals surface area contributed by atoms with Crippen molar-refractivity contribution in [2.45, 2.75) is 39.7 Å². The van der Waals surface area contributed by atoms with Crippen molar-refractivity contribution in [1.29, 1.82) is 0 Å². The van der Waals surface area contributed by atoms with Crippen molar-refractivity contribution in [3.05, 3.63) is 40.8 Å². The number of aromatic nitrogens is 2. The number of nitrogens with zero attached hydrogens (tertiary/aromatic N) is 1. The Morgan fingerprint density at radius 1 is 1.15 bits per heavy atom. The van der Waals surface area contributed by atoms with Crippen molar-refractivity contribution in [1.82, 2.24) is 9.97 Å². The molecule has 0 saturated carbocycles. The SMILES string of the molecule is CC(C)Oc1ccccc1-c1[nH]cnc(=S)c1C(C)C. The van der Waals surface area contributed by atoms with Gasteiger partial charge in [-0.15, -0.1) is 0 Å². The molecule has 0 radical (unpaired) electrons. The summed E-state index contributed by atoms with van der Waals surface area (Å²) in [5, 5.41) is 0. The van der Waals surface area contributed by atoms with Crippen molar-refractivity contribution in [2.24, 2.45) is 0 Å². The van der Waals surface area contributed by atoms with Crippen LogP contribution in [0.2, 0.25) is 0 Å². The van der Waals surface area contributed by atoms with Gasteiger partial charge >= 0.3 is 0 Å². The van der Waals surface area contributed by atoms with Gasteiger partial charge in [0.05, 0.1) is 18.1 Å². The zero-order valence-corrected chi connectivity index (χ0v) is 13.1. The van der Waals surface area contributed by atoms with E-state index >= 15 is 0 Å². The smallest absolute Gasteiger partial charge is 0.133 e. The lowest BCUT2D eigenvalue weighted by molar-refractivity contribution is 0.243. The minimum atomic E-state index is 0.128. The number of para-hydroxylation sites is 1. The van der Waals surface area contributed by atoms with Crippen LogP contribution in [0, 0.1) is 4.64 Å². The van der Waals surface area contributed by atoms with Crippen LogP contribution in [-0.4, -0.2) is 16.1 Å². The molecule has 0 aliphatic rings. The van der Waals surface area contributed by atoms with Gasteiger partial charge in [0.1, 0.15) is 10.4 Å². The molecule has 1 N–H and O–H groups in total. The highest BCUT2D eigenvalue weighted by atomic mass is 32.1. The number of aromatic amines is 1. The van der Waals surface area contributed by atoms with E-state index in [0.29, 0.717) is 10.6 Å². The maximum atomic E-state index is 5.90. The predicted molar refractivity (Wildman–Crippen MR) is 84.7 cm³/mol. The van der Waals surface area contributed by atoms with E-state index in [1.807, 2.05) is 38.1 Å². The van der Waals surface area contributed by atoms with Crippen LogP contribution >= 0.6 is 12.2 Å². The molecule has 0 bridgehead atoms. The average molecular weight is 288 g/mol. The van der Waals surface area contributed by atoms with E-state index in [0.717, 1.165) is 22.6 Å². The molecule has 3 nitrogen and oxygen atoms in total. The molecule has 0 aliphatic carbocycles. The van der Waals surface area contributed by atoms with Gasteiger partial charge in [-0.3, -0.25) is 0 Å². The maximum absolute atomic E-state index is 5.90. The molecule has 4 heteroatoms. The van der Waals surface area contributed by atoms with Gasteiger partial charge in [-0.25, -0.2) is 4.98 Å². The first-order valence-corrected chi connectivity index (χ1v) is 7.25. The van der Waals surface area contributed by atoms with Gasteiger partial charge in [0, 0.05) is 11.1 Å². The molecule has 0 amide bonds. The molecule has 2 aromatic rings. The summed E-state index contributed by atoms with van der Waals surface area (Å²) in [5.41, 5.74) is 3.08. The topological polar surface area (TPSA) is 37.9 Å². The van der Waals surface area contributed by atoms with Crippen LogP contribution in [0.5, 0.6) is 5.75 Å². The molecule has 0 unspecified atom stereocenters. The molecular weight excluding hydrogens is 268 g/mol. The average Bonchev–Trinajstić information content (AvgIpc) is 2.38. The van der Waals surface area contributed by atoms with Gasteiger partial charge in [0.2, 0.25) is 0 Å². The molecule has 1 aromatic heterocycles. The van der Waals surface area contributed by atoms with Gasteiger partial charge < -0.3 is 9.72 Å². The number of benzene rings is 1. The molecular formula is C16H20N2OS. The van der Waals surface area contributed by atoms with E-state index in [1.54, 1.807) is 6.33 Å². The monoisotopic (exact) mass is 288 g/mol. The molecule has 0 aliphatic heterocycles. The molecule has 0 saturated heterocycles. The highest BCUT2D eigenvalue weighted by Gasteiger charge is 2.15. The highest BCUT2D eigenvalue weighted by Crippen LogP contribution is 2.34. The summed E-state index contributed by atoms with van der Waals surface area (Å²) in [6.07, 6.45) is 1.78. The van der Waals surface area contributed by atoms with Gasteiger partial charge in [-0.1, -0.05) is 38.2 Å². The fraction of sp³-hybridized carbons (Fsp3) is 0.375. The van der Waals surface area contributed by atoms with E-state index in [4.69, 9.17) is 17.0 Å². The van der Waals surface area contributed by atoms with Crippen molar-refractivity contribution in [2.75, 3.05) is 0 Å². The summed E-state index contributed by atoms with van der Waals surface area (Å²) < 4.78 is 6.55. The Morgan fingerprint density at radius 3 is 2.50 bits per heavy atom. The van der Waals surface area contributed by atoms with Gasteiger partial charge in [-0.05, 0) is 31.9 Å². The van der Waals surface area contributed by atoms with Gasteiger partial charge in [0.25, 0.3) is 0 Å². The normalized spacial score (nSPS) is 11.1. The van der Waals surface area contributed by atoms with Crippen LogP contribution in [0.25, 0.3) is 11.3 Å². The standard InChI is InChI=1S/C16H20N2OS/c1-10(2)14-15(17-9-18-16(14)20)12-7-5-6-8-13(12)19-11(3)4/h5-11H,1-4H3,(H,17,18,20). The molecule has 1 heterocycles. The second-order valence-electron chi connectivity index (χ2n) is 5.31. The van der Waals surface area contributed by atoms with Crippen molar-refractivity contribution in [3.63, 3.8) is 0 Å². The maximum Gasteiger partial charge on any atom is 0.133 e. The van der Waals surface area contributed by atoms with Crippen LogP contribution in [0.3, 0.4) is 0 Å². The lowest BCUT2D eigenvalue weighted by atomic mass is 9.98. The first-order chi connectivity index (χ1) is 9.50. The Labute approximate surface area is 125 Å². The number of rotatable bonds is 4. The Morgan fingerprint density at radius 2 is 1.85 bits per heavy atom. The zero-order valence-electron chi connectivity index (χ0n) is 12.3. The third kappa shape index (κ3) is 3.07. The number of ether oxygens (including phenoxy) is 1. The largest absolute Gasteiger partial charge is 0.490 e. The van der Waals surface area contributed by atoms with Crippen molar-refractivity contribution < 1.29 is 4.74 Å². The Hall–Kier alpha value is -1.68. The number of nitrogens with one attached hydrogen (secondary N) is 1. The molecule has 20 heavy (non-hydrogen) atoms. The highest BCUT2D eigenvalue weighted by molar-refractivity contribution is 7.71. The Kier molecular flexibility index (Phi) is 4.55. The molecule has 0 fully saturated rings. The first kappa shape index (κ1) is 14.7. The number of H-pyrrole nitrogens is 1. The third-order valence-corrected chi connectivity index (χ3v) is 3.31. The van der Waals surface area contributed by atoms with Crippen LogP contribution in [0.1, 0.15) is 39.2 Å². The number of hydrogen-bond acceptors (Lipinski definition) is 3. The molecule has 2 rings (SSSR count). The van der Waals surface area contributed by atoms with Crippen molar-refractivity contribution >= 4 is 12.2 Å². The second kappa shape index (κ2) is 6.18. The van der Waals surface area contributed by atoms with E-state index in [2.05, 4.69) is 23.8 Å². The lowest BCUT2D eigenvalue weighted by Crippen LogP contribution is -2.07. The van der Waals surface area contributed by atoms with Crippen LogP contribution in [0.4, 0.5) is 0 Å². The predicted octanol–water partition coefficient (Wildman–Crippen LogP) is 4.72. The Balaban J connectivity index is 2.63. The third-order valence-electron chi connectivity index (χ3n) is 2.99. The fourth-order valence-electron chi connectivity index (χ4n) is 2.20. The zero-order chi connectivity index (χ0) is 14.7. The lowest BCUT2D eigenvalue weighted by Gasteiger charge is -2.17. The van der Waals surface area contributed by atoms with E-state index in [1.165, 1.54) is 0 Å². The van der Waals surface area contributed by atoms with E-state index < -0.39 is 0 Å². The summed E-state index contributed by atoms with van der Waals surface area (Å²) in [6.45, 7) is 8.29. The summed E-state index contributed by atoms with van der Waals surface area (Å²) in [4.78, 5) is 7.43. The summed E-state index contributed by atoms with van der Waals surface area (Å²) in [6, 6.07) is 8.01. The number of hydrogen-bond donors (Lipinski definition) is 1. The minimum absolute atomic E-state index is 0.128. The molecule has 1 aromatic carbocycles. The van der Waals surface area contributed by atoms with Crippen molar-refractivity contribution in [3.8, 4) is 17.0 Å².